The van der Waals surface area contributed by atoms with Gasteiger partial charge in [0.15, 0.2) is 0 Å². The molecule has 0 bridgehead atoms. The van der Waals surface area contributed by atoms with Crippen molar-refractivity contribution >= 4 is 82.4 Å². The number of fused-ring (bicyclic) bond motifs is 9. The molecule has 304 valence electrons. The lowest BCUT2D eigenvalue weighted by atomic mass is 9.99. The smallest absolute Gasteiger partial charge is 0.143 e. The van der Waals surface area contributed by atoms with Gasteiger partial charge in [-0.3, -0.25) is 0 Å². The third kappa shape index (κ3) is 6.28. The second-order valence-corrected chi connectivity index (χ2v) is 16.9. The van der Waals surface area contributed by atoms with Crippen LogP contribution in [0.1, 0.15) is 0 Å². The lowest BCUT2D eigenvalue weighted by Gasteiger charge is -2.26. The molecule has 0 saturated carbocycles. The van der Waals surface area contributed by atoms with Gasteiger partial charge < -0.3 is 13.9 Å². The first-order valence-corrected chi connectivity index (χ1v) is 22.2. The average Bonchev–Trinajstić information content (AvgIpc) is 3.93. The third-order valence-electron chi connectivity index (χ3n) is 13.2. The van der Waals surface area contributed by atoms with E-state index in [4.69, 9.17) is 4.42 Å². The van der Waals surface area contributed by atoms with Gasteiger partial charge in [-0.2, -0.15) is 0 Å². The molecule has 13 rings (SSSR count). The highest BCUT2D eigenvalue weighted by Gasteiger charge is 2.17. The van der Waals surface area contributed by atoms with Gasteiger partial charge in [-0.05, 0) is 134 Å². The van der Waals surface area contributed by atoms with Crippen molar-refractivity contribution in [2.75, 3.05) is 4.90 Å². The molecule has 0 aliphatic rings. The topological polar surface area (TPSA) is 21.3 Å². The van der Waals surface area contributed by atoms with Crippen molar-refractivity contribution in [1.29, 1.82) is 0 Å². The largest absolute Gasteiger partial charge is 0.455 e. The summed E-state index contributed by atoms with van der Waals surface area (Å²) < 4.78 is 8.83. The van der Waals surface area contributed by atoms with Gasteiger partial charge in [0.05, 0.1) is 11.0 Å². The molecule has 0 aliphatic heterocycles. The van der Waals surface area contributed by atoms with Gasteiger partial charge in [0.2, 0.25) is 0 Å². The first-order valence-electron chi connectivity index (χ1n) is 22.2. The van der Waals surface area contributed by atoms with Crippen molar-refractivity contribution in [1.82, 2.24) is 4.57 Å². The summed E-state index contributed by atoms with van der Waals surface area (Å²) in [6.07, 6.45) is 0. The van der Waals surface area contributed by atoms with Crippen LogP contribution in [0.2, 0.25) is 0 Å². The van der Waals surface area contributed by atoms with E-state index in [-0.39, 0.29) is 0 Å². The van der Waals surface area contributed by atoms with Gasteiger partial charge in [-0.25, -0.2) is 0 Å². The molecule has 0 radical (unpaired) electrons. The Bertz CT molecular complexity index is 3900. The maximum absolute atomic E-state index is 6.45. The predicted molar refractivity (Wildman–Crippen MR) is 274 cm³/mol. The molecule has 65 heavy (non-hydrogen) atoms. The van der Waals surface area contributed by atoms with Crippen LogP contribution in [-0.4, -0.2) is 4.57 Å². The molecular weight excluding hydrogens is 789 g/mol. The van der Waals surface area contributed by atoms with Crippen LogP contribution in [0, 0.1) is 0 Å². The normalized spacial score (nSPS) is 11.7. The number of nitrogens with zero attached hydrogens (tertiary/aromatic N) is 2. The molecule has 0 unspecified atom stereocenters. The van der Waals surface area contributed by atoms with E-state index in [2.05, 4.69) is 252 Å². The quantitative estimate of drug-likeness (QED) is 0.160. The Morgan fingerprint density at radius 2 is 0.831 bits per heavy atom. The Balaban J connectivity index is 0.888. The van der Waals surface area contributed by atoms with E-state index < -0.39 is 0 Å². The summed E-state index contributed by atoms with van der Waals surface area (Å²) in [5, 5.41) is 9.57. The van der Waals surface area contributed by atoms with E-state index in [0.717, 1.165) is 66.8 Å². The maximum atomic E-state index is 6.45. The van der Waals surface area contributed by atoms with Crippen LogP contribution in [-0.2, 0) is 0 Å². The molecule has 3 heteroatoms. The monoisotopic (exact) mass is 828 g/mol. The van der Waals surface area contributed by atoms with E-state index >= 15 is 0 Å². The molecule has 11 aromatic carbocycles. The minimum absolute atomic E-state index is 0.899. The fourth-order valence-electron chi connectivity index (χ4n) is 9.96. The lowest BCUT2D eigenvalue weighted by molar-refractivity contribution is 0.672. The molecule has 0 amide bonds. The number of hydrogen-bond donors (Lipinski definition) is 0. The maximum Gasteiger partial charge on any atom is 0.143 e. The fourth-order valence-corrected chi connectivity index (χ4v) is 9.96. The molecule has 2 aromatic heterocycles. The number of furan rings is 1. The minimum atomic E-state index is 0.899. The number of benzene rings is 11. The third-order valence-corrected chi connectivity index (χ3v) is 13.2. The summed E-state index contributed by atoms with van der Waals surface area (Å²) in [5.74, 6) is 0. The summed E-state index contributed by atoms with van der Waals surface area (Å²) in [6.45, 7) is 0. The molecule has 0 fully saturated rings. The molecular formula is C62H40N2O. The zero-order valence-corrected chi connectivity index (χ0v) is 35.4. The van der Waals surface area contributed by atoms with Gasteiger partial charge >= 0.3 is 0 Å². The Labute approximate surface area is 376 Å². The molecule has 13 aromatic rings. The zero-order valence-electron chi connectivity index (χ0n) is 35.4. The summed E-state index contributed by atoms with van der Waals surface area (Å²) >= 11 is 0. The Kier molecular flexibility index (Phi) is 8.53. The SMILES string of the molecule is c1cc(-c2ccc3ccccc3c2)cc(N(c2ccc(-c3cccc(-n4c5ccccc5c5ccccc54)c3)cc2)c2ccc(-c3ccc4oc5c6ccccc6ccc5c4c3)cc2)c1. The van der Waals surface area contributed by atoms with Crippen molar-refractivity contribution in [3.8, 4) is 39.1 Å². The van der Waals surface area contributed by atoms with Crippen molar-refractivity contribution in [2.24, 2.45) is 0 Å². The van der Waals surface area contributed by atoms with Crippen molar-refractivity contribution in [3.63, 3.8) is 0 Å². The highest BCUT2D eigenvalue weighted by Crippen LogP contribution is 2.41. The van der Waals surface area contributed by atoms with Crippen molar-refractivity contribution in [3.05, 3.63) is 243 Å². The van der Waals surface area contributed by atoms with Gasteiger partial charge in [0, 0.05) is 49.7 Å². The van der Waals surface area contributed by atoms with Crippen LogP contribution in [0.15, 0.2) is 247 Å². The lowest BCUT2D eigenvalue weighted by Crippen LogP contribution is -2.10. The zero-order chi connectivity index (χ0) is 42.8. The van der Waals surface area contributed by atoms with Crippen molar-refractivity contribution < 1.29 is 4.42 Å². The van der Waals surface area contributed by atoms with E-state index in [9.17, 15) is 0 Å². The van der Waals surface area contributed by atoms with Crippen LogP contribution < -0.4 is 4.90 Å². The van der Waals surface area contributed by atoms with Crippen LogP contribution in [0.25, 0.3) is 104 Å². The Hall–Kier alpha value is -8.66. The standard InChI is InChI=1S/C62H40N2O/c1-2-13-45-37-48(24-23-41(45)11-1)47-15-10-16-52(39-47)63(51-33-27-43(28-34-51)49-30-36-61-58(40-49)57-35-29-44-12-3-4-18-54(44)62(57)65-61)50-31-25-42(26-32-50)46-14-9-17-53(38-46)64-59-21-7-5-19-55(59)56-20-6-8-22-60(56)64/h1-40H. The number of rotatable bonds is 7. The number of para-hydroxylation sites is 2. The number of hydrogen-bond acceptors (Lipinski definition) is 2. The number of aromatic nitrogens is 1. The Morgan fingerprint density at radius 3 is 1.55 bits per heavy atom. The van der Waals surface area contributed by atoms with E-state index in [1.807, 2.05) is 0 Å². The van der Waals surface area contributed by atoms with Gasteiger partial charge in [-0.1, -0.05) is 158 Å². The summed E-state index contributed by atoms with van der Waals surface area (Å²) in [7, 11) is 0. The van der Waals surface area contributed by atoms with Gasteiger partial charge in [0.1, 0.15) is 11.2 Å². The van der Waals surface area contributed by atoms with E-state index in [0.29, 0.717) is 0 Å². The van der Waals surface area contributed by atoms with Crippen LogP contribution >= 0.6 is 0 Å². The molecule has 0 atom stereocenters. The predicted octanol–water partition coefficient (Wildman–Crippen LogP) is 17.5. The summed E-state index contributed by atoms with van der Waals surface area (Å²) in [4.78, 5) is 2.37. The average molecular weight is 829 g/mol. The highest BCUT2D eigenvalue weighted by molar-refractivity contribution is 6.15. The van der Waals surface area contributed by atoms with Gasteiger partial charge in [0.25, 0.3) is 0 Å². The second-order valence-electron chi connectivity index (χ2n) is 16.9. The molecule has 2 heterocycles. The van der Waals surface area contributed by atoms with E-state index in [1.165, 1.54) is 54.7 Å². The number of anilines is 3. The molecule has 0 N–H and O–H groups in total. The highest BCUT2D eigenvalue weighted by atomic mass is 16.3. The van der Waals surface area contributed by atoms with Crippen LogP contribution in [0.3, 0.4) is 0 Å². The molecule has 0 saturated heterocycles. The fraction of sp³-hybridized carbons (Fsp3) is 0. The first kappa shape index (κ1) is 36.9. The Morgan fingerprint density at radius 1 is 0.292 bits per heavy atom. The minimum Gasteiger partial charge on any atom is -0.455 e. The molecule has 3 nitrogen and oxygen atoms in total. The second kappa shape index (κ2) is 15.0. The molecule has 0 aliphatic carbocycles. The molecule has 0 spiro atoms. The van der Waals surface area contributed by atoms with Crippen molar-refractivity contribution in [2.45, 2.75) is 0 Å². The summed E-state index contributed by atoms with van der Waals surface area (Å²) in [5.41, 5.74) is 15.6. The van der Waals surface area contributed by atoms with Gasteiger partial charge in [-0.15, -0.1) is 0 Å². The van der Waals surface area contributed by atoms with Crippen LogP contribution in [0.5, 0.6) is 0 Å². The van der Waals surface area contributed by atoms with Crippen LogP contribution in [0.4, 0.5) is 17.1 Å². The summed E-state index contributed by atoms with van der Waals surface area (Å²) in [6, 6.07) is 87.8. The first-order chi connectivity index (χ1) is 32.2. The van der Waals surface area contributed by atoms with E-state index in [1.54, 1.807) is 0 Å².